The zero-order valence-corrected chi connectivity index (χ0v) is 13.3. The summed E-state index contributed by atoms with van der Waals surface area (Å²) in [5.41, 5.74) is -0.852. The van der Waals surface area contributed by atoms with Gasteiger partial charge in [-0.3, -0.25) is 19.4 Å². The molecule has 0 aliphatic rings. The molecule has 24 heavy (non-hydrogen) atoms. The molecule has 8 heteroatoms. The topological polar surface area (TPSA) is 113 Å². The van der Waals surface area contributed by atoms with Crippen molar-refractivity contribution in [3.63, 3.8) is 0 Å². The first-order valence-electron chi connectivity index (χ1n) is 7.28. The van der Waals surface area contributed by atoms with E-state index in [1.54, 1.807) is 24.3 Å². The lowest BCUT2D eigenvalue weighted by atomic mass is 10.0. The maximum absolute atomic E-state index is 12.4. The number of hydrogen-bond donors (Lipinski definition) is 3. The van der Waals surface area contributed by atoms with Crippen molar-refractivity contribution < 1.29 is 9.59 Å². The van der Waals surface area contributed by atoms with Crippen LogP contribution in [0.4, 0.5) is 0 Å². The molecule has 0 fully saturated rings. The van der Waals surface area contributed by atoms with Gasteiger partial charge in [0.2, 0.25) is 5.91 Å². The number of H-pyrrole nitrogens is 1. The van der Waals surface area contributed by atoms with Gasteiger partial charge in [0, 0.05) is 20.3 Å². The van der Waals surface area contributed by atoms with Crippen LogP contribution in [0.2, 0.25) is 0 Å². The number of carbonyl (C=O) groups is 2. The maximum Gasteiger partial charge on any atom is 0.328 e. The van der Waals surface area contributed by atoms with Crippen LogP contribution in [0.15, 0.2) is 46.1 Å². The average Bonchev–Trinajstić information content (AvgIpc) is 2.58. The molecular weight excluding hydrogens is 312 g/mol. The normalized spacial score (nSPS) is 11.6. The first kappa shape index (κ1) is 17.2. The van der Waals surface area contributed by atoms with Crippen LogP contribution in [0.1, 0.15) is 28.4 Å². The third kappa shape index (κ3) is 3.97. The highest BCUT2D eigenvalue weighted by molar-refractivity contribution is 5.94. The summed E-state index contributed by atoms with van der Waals surface area (Å²) in [7, 11) is 2.93. The minimum absolute atomic E-state index is 0.0237. The number of nitrogens with one attached hydrogen (secondary N) is 3. The fourth-order valence-electron chi connectivity index (χ4n) is 2.19. The summed E-state index contributed by atoms with van der Waals surface area (Å²) < 4.78 is 1.10. The van der Waals surface area contributed by atoms with E-state index in [0.717, 1.165) is 10.1 Å². The predicted molar refractivity (Wildman–Crippen MR) is 87.6 cm³/mol. The number of aromatic nitrogens is 2. The molecule has 0 saturated carbocycles. The monoisotopic (exact) mass is 330 g/mol. The summed E-state index contributed by atoms with van der Waals surface area (Å²) in [5.74, 6) is -0.914. The van der Waals surface area contributed by atoms with E-state index >= 15 is 0 Å². The van der Waals surface area contributed by atoms with Crippen molar-refractivity contribution in [2.45, 2.75) is 12.5 Å². The maximum atomic E-state index is 12.4. The predicted octanol–water partition coefficient (Wildman–Crippen LogP) is -0.319. The molecule has 126 valence electrons. The van der Waals surface area contributed by atoms with Gasteiger partial charge in [-0.1, -0.05) is 30.3 Å². The molecule has 0 aliphatic carbocycles. The molecule has 0 bridgehead atoms. The Morgan fingerprint density at radius 1 is 1.21 bits per heavy atom. The third-order valence-corrected chi connectivity index (χ3v) is 3.53. The van der Waals surface area contributed by atoms with E-state index in [0.29, 0.717) is 0 Å². The highest BCUT2D eigenvalue weighted by Crippen LogP contribution is 2.16. The Kier molecular flexibility index (Phi) is 5.31. The first-order valence-corrected chi connectivity index (χ1v) is 7.28. The minimum atomic E-state index is -0.776. The van der Waals surface area contributed by atoms with E-state index in [9.17, 15) is 19.2 Å². The van der Waals surface area contributed by atoms with Gasteiger partial charge < -0.3 is 15.2 Å². The van der Waals surface area contributed by atoms with Gasteiger partial charge in [-0.15, -0.1) is 0 Å². The summed E-state index contributed by atoms with van der Waals surface area (Å²) >= 11 is 0. The largest absolute Gasteiger partial charge is 0.359 e. The van der Waals surface area contributed by atoms with Gasteiger partial charge in [0.05, 0.1) is 12.5 Å². The van der Waals surface area contributed by atoms with Gasteiger partial charge in [0.25, 0.3) is 11.5 Å². The quantitative estimate of drug-likeness (QED) is 0.697. The van der Waals surface area contributed by atoms with Crippen LogP contribution in [-0.2, 0) is 11.8 Å². The van der Waals surface area contributed by atoms with Gasteiger partial charge in [-0.05, 0) is 5.56 Å². The molecule has 0 aliphatic heterocycles. The zero-order valence-electron chi connectivity index (χ0n) is 13.3. The Balaban J connectivity index is 2.31. The Bertz CT molecular complexity index is 854. The van der Waals surface area contributed by atoms with Crippen LogP contribution >= 0.6 is 0 Å². The Labute approximate surface area is 137 Å². The molecule has 1 atom stereocenters. The van der Waals surface area contributed by atoms with Crippen molar-refractivity contribution in [2.24, 2.45) is 7.05 Å². The Hall–Kier alpha value is -3.16. The zero-order chi connectivity index (χ0) is 17.7. The fraction of sp³-hybridized carbons (Fsp3) is 0.250. The van der Waals surface area contributed by atoms with E-state index in [4.69, 9.17) is 0 Å². The van der Waals surface area contributed by atoms with E-state index in [-0.39, 0.29) is 17.9 Å². The number of nitrogens with zero attached hydrogens (tertiary/aromatic N) is 1. The van der Waals surface area contributed by atoms with Crippen LogP contribution in [-0.4, -0.2) is 28.4 Å². The smallest absolute Gasteiger partial charge is 0.328 e. The molecule has 1 heterocycles. The molecule has 1 aromatic carbocycles. The van der Waals surface area contributed by atoms with Gasteiger partial charge in [-0.25, -0.2) is 4.79 Å². The molecular formula is C16H18N4O4. The third-order valence-electron chi connectivity index (χ3n) is 3.53. The van der Waals surface area contributed by atoms with E-state index in [2.05, 4.69) is 15.6 Å². The van der Waals surface area contributed by atoms with Crippen LogP contribution in [0.5, 0.6) is 0 Å². The van der Waals surface area contributed by atoms with Crippen LogP contribution in [0, 0.1) is 0 Å². The Morgan fingerprint density at radius 2 is 1.88 bits per heavy atom. The van der Waals surface area contributed by atoms with Crippen molar-refractivity contribution in [1.82, 2.24) is 20.2 Å². The second-order valence-corrected chi connectivity index (χ2v) is 5.23. The average molecular weight is 330 g/mol. The fourth-order valence-corrected chi connectivity index (χ4v) is 2.19. The van der Waals surface area contributed by atoms with E-state index < -0.39 is 23.2 Å². The molecule has 8 nitrogen and oxygen atoms in total. The van der Waals surface area contributed by atoms with Crippen molar-refractivity contribution in [3.05, 3.63) is 68.5 Å². The van der Waals surface area contributed by atoms with E-state index in [1.807, 2.05) is 6.07 Å². The standard InChI is InChI=1S/C16H18N4O4/c1-17-13(21)8-12(10-6-4-3-5-7-10)18-14(22)11-9-20(2)16(24)19-15(11)23/h3-7,9,12H,8H2,1-2H3,(H,17,21)(H,18,22)(H,19,23,24). The summed E-state index contributed by atoms with van der Waals surface area (Å²) in [4.78, 5) is 49.4. The SMILES string of the molecule is CNC(=O)CC(NC(=O)c1cn(C)c(=O)[nH]c1=O)c1ccccc1. The number of amides is 2. The molecule has 1 aromatic heterocycles. The van der Waals surface area contributed by atoms with Crippen LogP contribution in [0.3, 0.4) is 0 Å². The van der Waals surface area contributed by atoms with Crippen molar-refractivity contribution in [2.75, 3.05) is 7.05 Å². The number of benzene rings is 1. The molecule has 2 amide bonds. The lowest BCUT2D eigenvalue weighted by Gasteiger charge is -2.18. The van der Waals surface area contributed by atoms with Gasteiger partial charge >= 0.3 is 5.69 Å². The summed E-state index contributed by atoms with van der Waals surface area (Å²) in [5, 5.41) is 5.17. The Morgan fingerprint density at radius 3 is 2.50 bits per heavy atom. The van der Waals surface area contributed by atoms with Gasteiger partial charge in [0.1, 0.15) is 5.56 Å². The molecule has 2 rings (SSSR count). The molecule has 1 unspecified atom stereocenters. The van der Waals surface area contributed by atoms with Gasteiger partial charge in [0.15, 0.2) is 0 Å². The number of carbonyl (C=O) groups excluding carboxylic acids is 2. The lowest BCUT2D eigenvalue weighted by Crippen LogP contribution is -2.38. The van der Waals surface area contributed by atoms with Crippen LogP contribution < -0.4 is 21.9 Å². The minimum Gasteiger partial charge on any atom is -0.359 e. The summed E-state index contributed by atoms with van der Waals surface area (Å²) in [6, 6.07) is 8.35. The van der Waals surface area contributed by atoms with Crippen molar-refractivity contribution in [3.8, 4) is 0 Å². The number of rotatable bonds is 5. The molecule has 3 N–H and O–H groups in total. The van der Waals surface area contributed by atoms with Crippen molar-refractivity contribution in [1.29, 1.82) is 0 Å². The molecule has 0 saturated heterocycles. The van der Waals surface area contributed by atoms with Crippen LogP contribution in [0.25, 0.3) is 0 Å². The number of aryl methyl sites for hydroxylation is 1. The molecule has 2 aromatic rings. The second-order valence-electron chi connectivity index (χ2n) is 5.23. The highest BCUT2D eigenvalue weighted by atomic mass is 16.2. The molecule has 0 radical (unpaired) electrons. The number of aromatic amines is 1. The second kappa shape index (κ2) is 7.40. The summed E-state index contributed by atoms with van der Waals surface area (Å²) in [6.07, 6.45) is 1.19. The van der Waals surface area contributed by atoms with Gasteiger partial charge in [-0.2, -0.15) is 0 Å². The highest BCUT2D eigenvalue weighted by Gasteiger charge is 2.20. The number of hydrogen-bond acceptors (Lipinski definition) is 4. The molecule has 0 spiro atoms. The van der Waals surface area contributed by atoms with Crippen molar-refractivity contribution >= 4 is 11.8 Å². The summed E-state index contributed by atoms with van der Waals surface area (Å²) in [6.45, 7) is 0. The lowest BCUT2D eigenvalue weighted by molar-refractivity contribution is -0.121. The first-order chi connectivity index (χ1) is 11.4. The van der Waals surface area contributed by atoms with E-state index in [1.165, 1.54) is 20.3 Å².